The number of hydrogen-bond donors (Lipinski definition) is 1. The van der Waals surface area contributed by atoms with Crippen molar-refractivity contribution in [2.24, 2.45) is 0 Å². The summed E-state index contributed by atoms with van der Waals surface area (Å²) in [4.78, 5) is 36.5. The summed E-state index contributed by atoms with van der Waals surface area (Å²) in [5.41, 5.74) is 0. The first-order chi connectivity index (χ1) is 29.4. The van der Waals surface area contributed by atoms with Crippen molar-refractivity contribution in [1.82, 2.24) is 0 Å². The first kappa shape index (κ1) is 58.1. The quantitative estimate of drug-likeness (QED) is 0.0373. The Kier molecular flexibility index (Phi) is 46.7. The van der Waals surface area contributed by atoms with Gasteiger partial charge in [0.15, 0.2) is 0 Å². The SMILES string of the molecule is CCCCCCCC/C=C\CCCCCCCC(=O)OC(CCCCCCCCC)CCCCCCCC(=O)OC(CCCCCCCCC)CCCCCCCC(=O)O. The number of aliphatic carboxylic acids is 1. The molecular formula is C54H102O6. The van der Waals surface area contributed by atoms with Crippen LogP contribution < -0.4 is 0 Å². The Labute approximate surface area is 373 Å². The highest BCUT2D eigenvalue weighted by atomic mass is 16.5. The maximum Gasteiger partial charge on any atom is 0.306 e. The van der Waals surface area contributed by atoms with Crippen molar-refractivity contribution < 1.29 is 29.0 Å². The molecule has 0 radical (unpaired) electrons. The van der Waals surface area contributed by atoms with Gasteiger partial charge in [0, 0.05) is 19.3 Å². The number of rotatable bonds is 49. The van der Waals surface area contributed by atoms with Crippen molar-refractivity contribution in [3.05, 3.63) is 12.2 Å². The maximum absolute atomic E-state index is 12.9. The van der Waals surface area contributed by atoms with Gasteiger partial charge in [0.05, 0.1) is 0 Å². The summed E-state index contributed by atoms with van der Waals surface area (Å²) in [6.07, 6.45) is 54.1. The highest BCUT2D eigenvalue weighted by Gasteiger charge is 2.16. The number of hydrogen-bond acceptors (Lipinski definition) is 5. The van der Waals surface area contributed by atoms with Crippen molar-refractivity contribution >= 4 is 17.9 Å². The first-order valence-corrected chi connectivity index (χ1v) is 26.7. The van der Waals surface area contributed by atoms with Gasteiger partial charge in [0.25, 0.3) is 0 Å². The van der Waals surface area contributed by atoms with Crippen LogP contribution in [0.2, 0.25) is 0 Å². The molecule has 0 saturated heterocycles. The molecule has 0 aromatic carbocycles. The molecule has 0 aliphatic heterocycles. The fourth-order valence-electron chi connectivity index (χ4n) is 8.36. The van der Waals surface area contributed by atoms with E-state index < -0.39 is 5.97 Å². The highest BCUT2D eigenvalue weighted by Crippen LogP contribution is 2.21. The zero-order valence-corrected chi connectivity index (χ0v) is 40.4. The zero-order chi connectivity index (χ0) is 43.8. The van der Waals surface area contributed by atoms with Gasteiger partial charge < -0.3 is 14.6 Å². The molecule has 0 aromatic rings. The summed E-state index contributed by atoms with van der Waals surface area (Å²) < 4.78 is 12.1. The molecule has 2 atom stereocenters. The minimum absolute atomic E-state index is 0.0000951. The topological polar surface area (TPSA) is 89.9 Å². The van der Waals surface area contributed by atoms with Gasteiger partial charge in [-0.3, -0.25) is 14.4 Å². The average molecular weight is 847 g/mol. The fraction of sp³-hybridized carbons (Fsp3) is 0.907. The zero-order valence-electron chi connectivity index (χ0n) is 40.4. The summed E-state index contributed by atoms with van der Waals surface area (Å²) in [5.74, 6) is -0.756. The Morgan fingerprint density at radius 3 is 0.900 bits per heavy atom. The molecule has 1 N–H and O–H groups in total. The Morgan fingerprint density at radius 2 is 0.600 bits per heavy atom. The number of carbonyl (C=O) groups is 3. The summed E-state index contributed by atoms with van der Waals surface area (Å²) in [6.45, 7) is 6.79. The number of unbranched alkanes of at least 4 members (excludes halogenated alkanes) is 31. The molecule has 0 saturated carbocycles. The lowest BCUT2D eigenvalue weighted by molar-refractivity contribution is -0.151. The molecule has 0 aliphatic rings. The molecule has 0 amide bonds. The molecule has 0 fully saturated rings. The number of allylic oxidation sites excluding steroid dienone is 2. The van der Waals surface area contributed by atoms with E-state index in [-0.39, 0.29) is 30.6 Å². The molecule has 0 rings (SSSR count). The van der Waals surface area contributed by atoms with E-state index in [1.807, 2.05) is 0 Å². The molecule has 0 heterocycles. The summed E-state index contributed by atoms with van der Waals surface area (Å²) in [6, 6.07) is 0. The Morgan fingerprint density at radius 1 is 0.350 bits per heavy atom. The average Bonchev–Trinajstić information content (AvgIpc) is 3.23. The van der Waals surface area contributed by atoms with E-state index >= 15 is 0 Å². The minimum Gasteiger partial charge on any atom is -0.481 e. The number of carbonyl (C=O) groups excluding carboxylic acids is 2. The molecule has 0 bridgehead atoms. The standard InChI is InChI=1S/C54H102O6/c1-4-7-10-13-16-17-18-19-20-21-22-23-26-34-41-48-53(57)59-51(44-37-30-25-15-12-9-6-3)46-39-32-28-35-42-49-54(58)60-50(43-36-29-24-14-11-8-5-2)45-38-31-27-33-40-47-52(55)56/h19-20,50-51H,4-18,21-49H2,1-3H3,(H,55,56)/b20-19-. The van der Waals surface area contributed by atoms with Crippen molar-refractivity contribution in [3.8, 4) is 0 Å². The molecule has 0 spiro atoms. The lowest BCUT2D eigenvalue weighted by Gasteiger charge is -2.19. The molecule has 2 unspecified atom stereocenters. The van der Waals surface area contributed by atoms with Crippen molar-refractivity contribution in [2.45, 2.75) is 315 Å². The molecule has 60 heavy (non-hydrogen) atoms. The number of ether oxygens (including phenoxy) is 2. The lowest BCUT2D eigenvalue weighted by Crippen LogP contribution is -2.18. The predicted octanol–water partition coefficient (Wildman–Crippen LogP) is 17.7. The second-order valence-corrected chi connectivity index (χ2v) is 18.4. The minimum atomic E-state index is -0.712. The van der Waals surface area contributed by atoms with Crippen LogP contribution in [0.15, 0.2) is 12.2 Å². The molecule has 0 aromatic heterocycles. The van der Waals surface area contributed by atoms with Gasteiger partial charge in [-0.1, -0.05) is 200 Å². The van der Waals surface area contributed by atoms with Crippen LogP contribution in [0, 0.1) is 0 Å². The monoisotopic (exact) mass is 847 g/mol. The van der Waals surface area contributed by atoms with Crippen LogP contribution in [0.1, 0.15) is 303 Å². The molecule has 6 nitrogen and oxygen atoms in total. The summed E-state index contributed by atoms with van der Waals surface area (Å²) in [5, 5.41) is 8.87. The van der Waals surface area contributed by atoms with Crippen LogP contribution in [0.4, 0.5) is 0 Å². The van der Waals surface area contributed by atoms with E-state index in [9.17, 15) is 14.4 Å². The molecular weight excluding hydrogens is 745 g/mol. The lowest BCUT2D eigenvalue weighted by atomic mass is 10.0. The van der Waals surface area contributed by atoms with Crippen molar-refractivity contribution in [1.29, 1.82) is 0 Å². The van der Waals surface area contributed by atoms with Gasteiger partial charge in [0.1, 0.15) is 12.2 Å². The summed E-state index contributed by atoms with van der Waals surface area (Å²) in [7, 11) is 0. The fourth-order valence-corrected chi connectivity index (χ4v) is 8.36. The third kappa shape index (κ3) is 45.7. The highest BCUT2D eigenvalue weighted by molar-refractivity contribution is 5.69. The van der Waals surface area contributed by atoms with E-state index in [4.69, 9.17) is 14.6 Å². The second kappa shape index (κ2) is 48.2. The van der Waals surface area contributed by atoms with Crippen LogP contribution in [0.3, 0.4) is 0 Å². The molecule has 0 aliphatic carbocycles. The number of carboxylic acids is 1. The smallest absolute Gasteiger partial charge is 0.306 e. The normalized spacial score (nSPS) is 12.6. The van der Waals surface area contributed by atoms with E-state index in [1.165, 1.54) is 148 Å². The van der Waals surface area contributed by atoms with E-state index in [1.54, 1.807) is 0 Å². The molecule has 6 heteroatoms. The van der Waals surface area contributed by atoms with Crippen molar-refractivity contribution in [2.75, 3.05) is 0 Å². The van der Waals surface area contributed by atoms with Gasteiger partial charge >= 0.3 is 17.9 Å². The van der Waals surface area contributed by atoms with Gasteiger partial charge in [-0.05, 0) is 96.3 Å². The molecule has 354 valence electrons. The van der Waals surface area contributed by atoms with Gasteiger partial charge in [-0.15, -0.1) is 0 Å². The summed E-state index contributed by atoms with van der Waals surface area (Å²) >= 11 is 0. The van der Waals surface area contributed by atoms with Gasteiger partial charge in [0.2, 0.25) is 0 Å². The third-order valence-electron chi connectivity index (χ3n) is 12.3. The van der Waals surface area contributed by atoms with Crippen LogP contribution in [-0.4, -0.2) is 35.2 Å². The maximum atomic E-state index is 12.9. The second-order valence-electron chi connectivity index (χ2n) is 18.4. The van der Waals surface area contributed by atoms with Crippen LogP contribution in [0.5, 0.6) is 0 Å². The van der Waals surface area contributed by atoms with Gasteiger partial charge in [-0.2, -0.15) is 0 Å². The van der Waals surface area contributed by atoms with E-state index in [0.717, 1.165) is 116 Å². The predicted molar refractivity (Wildman–Crippen MR) is 257 cm³/mol. The van der Waals surface area contributed by atoms with Crippen molar-refractivity contribution in [3.63, 3.8) is 0 Å². The van der Waals surface area contributed by atoms with Gasteiger partial charge in [-0.25, -0.2) is 0 Å². The largest absolute Gasteiger partial charge is 0.481 e. The van der Waals surface area contributed by atoms with Crippen LogP contribution >= 0.6 is 0 Å². The third-order valence-corrected chi connectivity index (χ3v) is 12.3. The van der Waals surface area contributed by atoms with E-state index in [2.05, 4.69) is 32.9 Å². The van der Waals surface area contributed by atoms with Crippen LogP contribution in [-0.2, 0) is 23.9 Å². The van der Waals surface area contributed by atoms with E-state index in [0.29, 0.717) is 12.8 Å². The number of carboxylic acid groups (broad SMARTS) is 1. The Balaban J connectivity index is 4.44. The Hall–Kier alpha value is -1.85. The number of esters is 2. The van der Waals surface area contributed by atoms with Crippen LogP contribution in [0.25, 0.3) is 0 Å². The first-order valence-electron chi connectivity index (χ1n) is 26.7. The Bertz CT molecular complexity index is 946.